The van der Waals surface area contributed by atoms with Crippen molar-refractivity contribution in [3.05, 3.63) is 23.7 Å². The minimum absolute atomic E-state index is 0.0369. The van der Waals surface area contributed by atoms with Crippen molar-refractivity contribution < 1.29 is 14.3 Å². The van der Waals surface area contributed by atoms with E-state index in [2.05, 4.69) is 5.32 Å². The summed E-state index contributed by atoms with van der Waals surface area (Å²) in [4.78, 5) is 0. The van der Waals surface area contributed by atoms with Gasteiger partial charge in [0.05, 0.1) is 19.3 Å². The minimum Gasteiger partial charge on any atom is -0.462 e. The van der Waals surface area contributed by atoms with Gasteiger partial charge in [0.15, 0.2) is 0 Å². The van der Waals surface area contributed by atoms with Crippen LogP contribution in [0.1, 0.15) is 43.6 Å². The number of nitrogens with one attached hydrogen (secondary N) is 1. The molecule has 102 valence electrons. The zero-order chi connectivity index (χ0) is 12.6. The van der Waals surface area contributed by atoms with E-state index in [1.54, 1.807) is 6.07 Å². The van der Waals surface area contributed by atoms with Crippen molar-refractivity contribution in [2.45, 2.75) is 51.4 Å². The van der Waals surface area contributed by atoms with Crippen LogP contribution in [-0.2, 0) is 17.9 Å². The van der Waals surface area contributed by atoms with Crippen molar-refractivity contribution in [2.75, 3.05) is 13.2 Å². The number of hydrogen-bond donors (Lipinski definition) is 2. The first-order chi connectivity index (χ1) is 8.88. The molecule has 0 amide bonds. The number of hydrogen-bond acceptors (Lipinski definition) is 4. The van der Waals surface area contributed by atoms with Crippen molar-refractivity contribution in [3.63, 3.8) is 0 Å². The predicted octanol–water partition coefficient (Wildman–Crippen LogP) is 2.21. The van der Waals surface area contributed by atoms with Gasteiger partial charge in [0.1, 0.15) is 18.1 Å². The molecule has 0 bridgehead atoms. The van der Waals surface area contributed by atoms with Crippen LogP contribution in [0.4, 0.5) is 0 Å². The summed E-state index contributed by atoms with van der Waals surface area (Å²) in [7, 11) is 0. The Morgan fingerprint density at radius 2 is 2.00 bits per heavy atom. The fourth-order valence-corrected chi connectivity index (χ4v) is 2.34. The van der Waals surface area contributed by atoms with E-state index in [4.69, 9.17) is 14.3 Å². The summed E-state index contributed by atoms with van der Waals surface area (Å²) in [6, 6.07) is 3.69. The van der Waals surface area contributed by atoms with Crippen molar-refractivity contribution in [1.29, 1.82) is 0 Å². The Morgan fingerprint density at radius 3 is 2.72 bits per heavy atom. The van der Waals surface area contributed by atoms with Crippen LogP contribution in [0, 0.1) is 0 Å². The molecule has 18 heavy (non-hydrogen) atoms. The maximum atomic E-state index is 8.87. The highest BCUT2D eigenvalue weighted by atomic mass is 16.5. The molecular formula is C14H23NO3. The van der Waals surface area contributed by atoms with Crippen LogP contribution in [-0.4, -0.2) is 24.4 Å². The molecule has 4 nitrogen and oxygen atoms in total. The van der Waals surface area contributed by atoms with E-state index in [1.165, 1.54) is 32.1 Å². The van der Waals surface area contributed by atoms with Crippen molar-refractivity contribution in [2.24, 2.45) is 0 Å². The summed E-state index contributed by atoms with van der Waals surface area (Å²) in [6.07, 6.45) is 6.91. The highest BCUT2D eigenvalue weighted by Gasteiger charge is 2.12. The molecule has 1 fully saturated rings. The first-order valence-corrected chi connectivity index (χ1v) is 6.89. The van der Waals surface area contributed by atoms with Crippen LogP contribution < -0.4 is 5.32 Å². The van der Waals surface area contributed by atoms with Crippen LogP contribution in [0.25, 0.3) is 0 Å². The second-order valence-electron chi connectivity index (χ2n) is 4.83. The Morgan fingerprint density at radius 1 is 1.22 bits per heavy atom. The smallest absolute Gasteiger partial charge is 0.129 e. The number of aliphatic hydroxyl groups excluding tert-OH is 1. The SMILES string of the molecule is OCc1ccc(CNCCOC2CCCCC2)o1. The minimum atomic E-state index is -0.0369. The van der Waals surface area contributed by atoms with Gasteiger partial charge in [-0.15, -0.1) is 0 Å². The Hall–Kier alpha value is -0.840. The maximum absolute atomic E-state index is 8.87. The summed E-state index contributed by atoms with van der Waals surface area (Å²) in [5, 5.41) is 12.1. The lowest BCUT2D eigenvalue weighted by atomic mass is 9.98. The Bertz CT molecular complexity index is 332. The molecule has 0 unspecified atom stereocenters. The summed E-state index contributed by atoms with van der Waals surface area (Å²) in [5.74, 6) is 1.47. The van der Waals surface area contributed by atoms with Crippen molar-refractivity contribution >= 4 is 0 Å². The molecule has 0 aliphatic heterocycles. The molecule has 0 saturated heterocycles. The van der Waals surface area contributed by atoms with Gasteiger partial charge in [-0.3, -0.25) is 0 Å². The molecular weight excluding hydrogens is 230 g/mol. The third kappa shape index (κ3) is 4.44. The monoisotopic (exact) mass is 253 g/mol. The molecule has 4 heteroatoms. The van der Waals surface area contributed by atoms with Crippen LogP contribution in [0.2, 0.25) is 0 Å². The van der Waals surface area contributed by atoms with E-state index in [9.17, 15) is 0 Å². The summed E-state index contributed by atoms with van der Waals surface area (Å²) >= 11 is 0. The molecule has 1 aromatic rings. The fraction of sp³-hybridized carbons (Fsp3) is 0.714. The topological polar surface area (TPSA) is 54.6 Å². The third-order valence-corrected chi connectivity index (χ3v) is 3.36. The Balaban J connectivity index is 1.52. The molecule has 1 aliphatic rings. The van der Waals surface area contributed by atoms with Crippen molar-refractivity contribution in [1.82, 2.24) is 5.32 Å². The summed E-state index contributed by atoms with van der Waals surface area (Å²) < 4.78 is 11.2. The van der Waals surface area contributed by atoms with Crippen LogP contribution in [0.5, 0.6) is 0 Å². The summed E-state index contributed by atoms with van der Waals surface area (Å²) in [5.41, 5.74) is 0. The lowest BCUT2D eigenvalue weighted by molar-refractivity contribution is 0.0301. The lowest BCUT2D eigenvalue weighted by Crippen LogP contribution is -2.24. The van der Waals surface area contributed by atoms with Crippen LogP contribution >= 0.6 is 0 Å². The fourth-order valence-electron chi connectivity index (χ4n) is 2.34. The average molecular weight is 253 g/mol. The normalized spacial score (nSPS) is 17.2. The van der Waals surface area contributed by atoms with E-state index < -0.39 is 0 Å². The zero-order valence-corrected chi connectivity index (χ0v) is 10.9. The van der Waals surface area contributed by atoms with Gasteiger partial charge in [-0.1, -0.05) is 19.3 Å². The lowest BCUT2D eigenvalue weighted by Gasteiger charge is -2.21. The molecule has 2 N–H and O–H groups in total. The van der Waals surface area contributed by atoms with E-state index in [-0.39, 0.29) is 6.61 Å². The highest BCUT2D eigenvalue weighted by Crippen LogP contribution is 2.19. The molecule has 0 spiro atoms. The van der Waals surface area contributed by atoms with Gasteiger partial charge < -0.3 is 19.6 Å². The van der Waals surface area contributed by atoms with Crippen LogP contribution in [0.15, 0.2) is 16.5 Å². The largest absolute Gasteiger partial charge is 0.462 e. The molecule has 2 rings (SSSR count). The molecule has 0 radical (unpaired) electrons. The predicted molar refractivity (Wildman–Crippen MR) is 69.2 cm³/mol. The van der Waals surface area contributed by atoms with Crippen LogP contribution in [0.3, 0.4) is 0 Å². The van der Waals surface area contributed by atoms with Gasteiger partial charge in [0.25, 0.3) is 0 Å². The molecule has 1 aromatic heterocycles. The number of aliphatic hydroxyl groups is 1. The maximum Gasteiger partial charge on any atom is 0.129 e. The standard InChI is InChI=1S/C14H23NO3/c16-11-14-7-6-13(18-14)10-15-8-9-17-12-4-2-1-3-5-12/h6-7,12,15-16H,1-5,8-11H2. The third-order valence-electron chi connectivity index (χ3n) is 3.36. The van der Waals surface area contributed by atoms with E-state index in [0.29, 0.717) is 18.4 Å². The molecule has 0 atom stereocenters. The first-order valence-electron chi connectivity index (χ1n) is 6.89. The molecule has 0 aromatic carbocycles. The Kier molecular flexibility index (Phi) is 5.71. The number of ether oxygens (including phenoxy) is 1. The van der Waals surface area contributed by atoms with Gasteiger partial charge in [-0.2, -0.15) is 0 Å². The number of furan rings is 1. The van der Waals surface area contributed by atoms with E-state index >= 15 is 0 Å². The average Bonchev–Trinajstić information content (AvgIpc) is 2.87. The van der Waals surface area contributed by atoms with Gasteiger partial charge in [-0.05, 0) is 25.0 Å². The summed E-state index contributed by atoms with van der Waals surface area (Å²) in [6.45, 7) is 2.25. The first kappa shape index (κ1) is 13.6. The quantitative estimate of drug-likeness (QED) is 0.732. The number of rotatable bonds is 7. The van der Waals surface area contributed by atoms with Gasteiger partial charge in [-0.25, -0.2) is 0 Å². The molecule has 1 aliphatic carbocycles. The van der Waals surface area contributed by atoms with E-state index in [1.807, 2.05) is 6.07 Å². The van der Waals surface area contributed by atoms with Gasteiger partial charge in [0.2, 0.25) is 0 Å². The van der Waals surface area contributed by atoms with Gasteiger partial charge in [0, 0.05) is 6.54 Å². The second kappa shape index (κ2) is 7.56. The molecule has 1 saturated carbocycles. The van der Waals surface area contributed by atoms with Crippen molar-refractivity contribution in [3.8, 4) is 0 Å². The Labute approximate surface area is 108 Å². The van der Waals surface area contributed by atoms with E-state index in [0.717, 1.165) is 18.9 Å². The highest BCUT2D eigenvalue weighted by molar-refractivity contribution is 5.05. The van der Waals surface area contributed by atoms with Gasteiger partial charge >= 0.3 is 0 Å². The second-order valence-corrected chi connectivity index (χ2v) is 4.83. The zero-order valence-electron chi connectivity index (χ0n) is 10.9. The molecule has 1 heterocycles.